The van der Waals surface area contributed by atoms with Crippen LogP contribution in [0, 0.1) is 0 Å². The first kappa shape index (κ1) is 8.94. The summed E-state index contributed by atoms with van der Waals surface area (Å²) in [7, 11) is 0. The Morgan fingerprint density at radius 3 is 2.58 bits per heavy atom. The third-order valence-corrected chi connectivity index (χ3v) is 1.82. The lowest BCUT2D eigenvalue weighted by Gasteiger charge is -2.21. The second kappa shape index (κ2) is 3.50. The maximum Gasteiger partial charge on any atom is 0.178 e. The van der Waals surface area contributed by atoms with Crippen LogP contribution in [0.25, 0.3) is 0 Å². The zero-order chi connectivity index (χ0) is 9.03. The smallest absolute Gasteiger partial charge is 0.178 e. The first-order valence-electron chi connectivity index (χ1n) is 3.92. The highest BCUT2D eigenvalue weighted by Gasteiger charge is 2.21. The van der Waals surface area contributed by atoms with E-state index in [1.54, 1.807) is 6.08 Å². The molecule has 64 valence electrons. The van der Waals surface area contributed by atoms with Crippen LogP contribution in [0.1, 0.15) is 12.8 Å². The average Bonchev–Trinajstić information content (AvgIpc) is 2.08. The highest BCUT2D eigenvalue weighted by atomic mass is 16.3. The van der Waals surface area contributed by atoms with Crippen molar-refractivity contribution in [3.63, 3.8) is 0 Å². The number of hydrogen-bond acceptors (Lipinski definition) is 2. The summed E-state index contributed by atoms with van der Waals surface area (Å²) in [6, 6.07) is 0. The fourth-order valence-electron chi connectivity index (χ4n) is 1.06. The van der Waals surface area contributed by atoms with E-state index in [9.17, 15) is 9.90 Å². The van der Waals surface area contributed by atoms with Gasteiger partial charge in [0.1, 0.15) is 5.60 Å². The molecule has 0 aromatic rings. The minimum Gasteiger partial charge on any atom is -0.382 e. The van der Waals surface area contributed by atoms with Crippen LogP contribution in [0.4, 0.5) is 0 Å². The van der Waals surface area contributed by atoms with E-state index in [0.29, 0.717) is 6.42 Å². The van der Waals surface area contributed by atoms with Crippen molar-refractivity contribution in [3.05, 3.63) is 37.0 Å². The van der Waals surface area contributed by atoms with Gasteiger partial charge in [0.05, 0.1) is 0 Å². The lowest BCUT2D eigenvalue weighted by molar-refractivity contribution is -0.110. The van der Waals surface area contributed by atoms with Crippen molar-refractivity contribution < 1.29 is 9.90 Å². The minimum atomic E-state index is -0.942. The van der Waals surface area contributed by atoms with Gasteiger partial charge < -0.3 is 5.11 Å². The summed E-state index contributed by atoms with van der Waals surface area (Å²) in [5.41, 5.74) is -0.942. The Hall–Kier alpha value is -1.15. The summed E-state index contributed by atoms with van der Waals surface area (Å²) < 4.78 is 0. The minimum absolute atomic E-state index is 0.0710. The summed E-state index contributed by atoms with van der Waals surface area (Å²) in [4.78, 5) is 10.7. The Labute approximate surface area is 71.9 Å². The number of carbonyl (C=O) groups excluding carboxylic acids is 1. The molecular weight excluding hydrogens is 152 g/mol. The van der Waals surface area contributed by atoms with Crippen molar-refractivity contribution in [1.82, 2.24) is 0 Å². The van der Waals surface area contributed by atoms with Crippen LogP contribution < -0.4 is 0 Å². The van der Waals surface area contributed by atoms with Crippen molar-refractivity contribution in [1.29, 1.82) is 0 Å². The van der Waals surface area contributed by atoms with E-state index in [1.807, 2.05) is 0 Å². The maximum absolute atomic E-state index is 10.7. The SMILES string of the molecule is C=CCCC1(O)C=CC(=O)C=C1. The zero-order valence-corrected chi connectivity index (χ0v) is 6.86. The molecule has 12 heavy (non-hydrogen) atoms. The molecule has 1 rings (SSSR count). The molecule has 2 heteroatoms. The number of aliphatic hydroxyl groups is 1. The van der Waals surface area contributed by atoms with Gasteiger partial charge in [0.25, 0.3) is 0 Å². The van der Waals surface area contributed by atoms with E-state index in [4.69, 9.17) is 0 Å². The maximum atomic E-state index is 10.7. The highest BCUT2D eigenvalue weighted by Crippen LogP contribution is 2.19. The molecule has 0 unspecified atom stereocenters. The van der Waals surface area contributed by atoms with Gasteiger partial charge in [-0.2, -0.15) is 0 Å². The molecule has 0 saturated carbocycles. The second-order valence-electron chi connectivity index (χ2n) is 2.89. The molecule has 0 radical (unpaired) electrons. The predicted octanol–water partition coefficient (Wildman–Crippen LogP) is 1.38. The van der Waals surface area contributed by atoms with Crippen molar-refractivity contribution in [2.75, 3.05) is 0 Å². The van der Waals surface area contributed by atoms with Crippen molar-refractivity contribution in [2.24, 2.45) is 0 Å². The molecule has 0 amide bonds. The Balaban J connectivity index is 2.61. The molecule has 0 aromatic carbocycles. The standard InChI is InChI=1S/C10H12O2/c1-2-3-6-10(12)7-4-9(11)5-8-10/h2,4-5,7-8,12H,1,3,6H2. The van der Waals surface area contributed by atoms with E-state index in [-0.39, 0.29) is 5.78 Å². The number of rotatable bonds is 3. The Morgan fingerprint density at radius 1 is 1.50 bits per heavy atom. The molecule has 1 aliphatic rings. The van der Waals surface area contributed by atoms with Gasteiger partial charge in [-0.1, -0.05) is 6.08 Å². The third kappa shape index (κ3) is 2.17. The van der Waals surface area contributed by atoms with Crippen LogP contribution in [0.15, 0.2) is 37.0 Å². The molecule has 2 nitrogen and oxygen atoms in total. The van der Waals surface area contributed by atoms with Gasteiger partial charge in [-0.15, -0.1) is 6.58 Å². The number of ketones is 1. The molecule has 0 spiro atoms. The van der Waals surface area contributed by atoms with Gasteiger partial charge in [0.15, 0.2) is 5.78 Å². The van der Waals surface area contributed by atoms with E-state index in [1.165, 1.54) is 24.3 Å². The molecular formula is C10H12O2. The normalized spacial score (nSPS) is 19.6. The lowest BCUT2D eigenvalue weighted by Crippen LogP contribution is -2.25. The van der Waals surface area contributed by atoms with Gasteiger partial charge >= 0.3 is 0 Å². The van der Waals surface area contributed by atoms with Gasteiger partial charge in [0.2, 0.25) is 0 Å². The Kier molecular flexibility index (Phi) is 2.61. The third-order valence-electron chi connectivity index (χ3n) is 1.82. The van der Waals surface area contributed by atoms with Crippen LogP contribution in [0.3, 0.4) is 0 Å². The van der Waals surface area contributed by atoms with Gasteiger partial charge in [-0.25, -0.2) is 0 Å². The number of hydrogen-bond donors (Lipinski definition) is 1. The van der Waals surface area contributed by atoms with Crippen molar-refractivity contribution in [3.8, 4) is 0 Å². The summed E-state index contributed by atoms with van der Waals surface area (Å²) in [6.07, 6.45) is 8.90. The fourth-order valence-corrected chi connectivity index (χ4v) is 1.06. The van der Waals surface area contributed by atoms with Crippen LogP contribution >= 0.6 is 0 Å². The fraction of sp³-hybridized carbons (Fsp3) is 0.300. The van der Waals surface area contributed by atoms with Gasteiger partial charge in [0, 0.05) is 0 Å². The monoisotopic (exact) mass is 164 g/mol. The quantitative estimate of drug-likeness (QED) is 0.640. The molecule has 0 atom stereocenters. The molecule has 0 fully saturated rings. The first-order valence-corrected chi connectivity index (χ1v) is 3.92. The Morgan fingerprint density at radius 2 is 2.08 bits per heavy atom. The zero-order valence-electron chi connectivity index (χ0n) is 6.86. The summed E-state index contributed by atoms with van der Waals surface area (Å²) in [5, 5.41) is 9.75. The number of allylic oxidation sites excluding steroid dienone is 3. The Bertz CT molecular complexity index is 233. The molecule has 1 N–H and O–H groups in total. The topological polar surface area (TPSA) is 37.3 Å². The summed E-state index contributed by atoms with van der Waals surface area (Å²) in [5.74, 6) is -0.0710. The molecule has 0 saturated heterocycles. The largest absolute Gasteiger partial charge is 0.382 e. The van der Waals surface area contributed by atoms with E-state index < -0.39 is 5.60 Å². The van der Waals surface area contributed by atoms with Crippen LogP contribution in [0.2, 0.25) is 0 Å². The summed E-state index contributed by atoms with van der Waals surface area (Å²) in [6.45, 7) is 3.56. The van der Waals surface area contributed by atoms with Crippen molar-refractivity contribution in [2.45, 2.75) is 18.4 Å². The lowest BCUT2D eigenvalue weighted by atomic mass is 9.93. The van der Waals surface area contributed by atoms with E-state index in [2.05, 4.69) is 6.58 Å². The van der Waals surface area contributed by atoms with Crippen LogP contribution in [-0.4, -0.2) is 16.5 Å². The van der Waals surface area contributed by atoms with Crippen LogP contribution in [-0.2, 0) is 4.79 Å². The first-order chi connectivity index (χ1) is 5.66. The van der Waals surface area contributed by atoms with Crippen LogP contribution in [0.5, 0.6) is 0 Å². The molecule has 0 heterocycles. The predicted molar refractivity (Wildman–Crippen MR) is 47.7 cm³/mol. The van der Waals surface area contributed by atoms with E-state index >= 15 is 0 Å². The van der Waals surface area contributed by atoms with Gasteiger partial charge in [-0.3, -0.25) is 4.79 Å². The number of carbonyl (C=O) groups is 1. The molecule has 0 bridgehead atoms. The van der Waals surface area contributed by atoms with Crippen molar-refractivity contribution >= 4 is 5.78 Å². The molecule has 0 aromatic heterocycles. The molecule has 0 aliphatic heterocycles. The summed E-state index contributed by atoms with van der Waals surface area (Å²) >= 11 is 0. The van der Waals surface area contributed by atoms with Gasteiger partial charge in [-0.05, 0) is 37.1 Å². The second-order valence-corrected chi connectivity index (χ2v) is 2.89. The highest BCUT2D eigenvalue weighted by molar-refractivity contribution is 6.00. The van der Waals surface area contributed by atoms with E-state index in [0.717, 1.165) is 6.42 Å². The molecule has 1 aliphatic carbocycles. The average molecular weight is 164 g/mol.